The molecule has 0 fully saturated rings. The second-order valence-electron chi connectivity index (χ2n) is 5.85. The molecule has 0 aromatic carbocycles. The molecule has 3 rings (SSSR count). The third-order valence-corrected chi connectivity index (χ3v) is 3.84. The highest BCUT2D eigenvalue weighted by Gasteiger charge is 2.29. The van der Waals surface area contributed by atoms with Crippen LogP contribution in [0.25, 0.3) is 22.4 Å². The average molecular weight is 395 g/mol. The van der Waals surface area contributed by atoms with E-state index < -0.39 is 31.2 Å². The van der Waals surface area contributed by atoms with Crippen LogP contribution in [0, 0.1) is 5.92 Å². The van der Waals surface area contributed by atoms with Crippen LogP contribution in [0.1, 0.15) is 0 Å². The Morgan fingerprint density at radius 3 is 2.89 bits per heavy atom. The molecule has 3 aromatic heterocycles. The van der Waals surface area contributed by atoms with E-state index in [0.717, 1.165) is 5.39 Å². The zero-order valence-corrected chi connectivity index (χ0v) is 14.4. The van der Waals surface area contributed by atoms with Gasteiger partial charge in [-0.1, -0.05) is 0 Å². The van der Waals surface area contributed by atoms with Crippen LogP contribution in [0.15, 0.2) is 31.0 Å². The molecular weight excluding hydrogens is 379 g/mol. The number of fused-ring (bicyclic) bond motifs is 1. The first-order valence-corrected chi connectivity index (χ1v) is 8.17. The molecule has 0 aliphatic carbocycles. The standard InChI is InChI=1S/C16H16F3N7O2/c17-16(18,19)7-24-15(28)9(6-27)3-22-12-1-2-21-14(26-12)11-5-23-13-10(11)4-20-8-25-13/h1-2,4-5,8-9,27H,3,6-7H2,(H,24,28)(H,20,23,25)(H,21,22,26)/t9-/m0/s1. The predicted octanol–water partition coefficient (Wildman–Crippen LogP) is 1.11. The number of carbonyl (C=O) groups excluding carboxylic acids is 1. The van der Waals surface area contributed by atoms with Crippen molar-refractivity contribution in [3.05, 3.63) is 31.0 Å². The maximum absolute atomic E-state index is 12.2. The molecule has 28 heavy (non-hydrogen) atoms. The molecule has 3 heterocycles. The SMILES string of the molecule is O=C(NCC(F)(F)F)[C@H](CO)CNc1ccnc(-c2c[nH]c3ncncc23)n1. The summed E-state index contributed by atoms with van der Waals surface area (Å²) in [6, 6.07) is 1.54. The topological polar surface area (TPSA) is 129 Å². The van der Waals surface area contributed by atoms with E-state index in [1.54, 1.807) is 17.7 Å². The normalized spacial score (nSPS) is 12.7. The number of hydrogen-bond donors (Lipinski definition) is 4. The molecule has 0 saturated heterocycles. The Kier molecular flexibility index (Phi) is 5.68. The molecule has 0 unspecified atom stereocenters. The number of anilines is 1. The fourth-order valence-corrected chi connectivity index (χ4v) is 2.43. The Balaban J connectivity index is 1.68. The third-order valence-electron chi connectivity index (χ3n) is 3.84. The minimum atomic E-state index is -4.52. The highest BCUT2D eigenvalue weighted by Crippen LogP contribution is 2.24. The number of nitrogens with zero attached hydrogens (tertiary/aromatic N) is 4. The number of carbonyl (C=O) groups is 1. The Labute approximate surface area is 156 Å². The van der Waals surface area contributed by atoms with Gasteiger partial charge in [0, 0.05) is 36.1 Å². The number of H-pyrrole nitrogens is 1. The van der Waals surface area contributed by atoms with Gasteiger partial charge in [0.1, 0.15) is 24.3 Å². The highest BCUT2D eigenvalue weighted by molar-refractivity contribution is 5.90. The van der Waals surface area contributed by atoms with Crippen LogP contribution in [0.2, 0.25) is 0 Å². The molecule has 9 nitrogen and oxygen atoms in total. The number of alkyl halides is 3. The van der Waals surface area contributed by atoms with Crippen LogP contribution in [0.3, 0.4) is 0 Å². The molecule has 0 radical (unpaired) electrons. The molecule has 0 spiro atoms. The lowest BCUT2D eigenvalue weighted by Crippen LogP contribution is -2.41. The maximum Gasteiger partial charge on any atom is 0.405 e. The van der Waals surface area contributed by atoms with Crippen molar-refractivity contribution in [1.29, 1.82) is 0 Å². The van der Waals surface area contributed by atoms with E-state index in [1.165, 1.54) is 18.6 Å². The van der Waals surface area contributed by atoms with E-state index in [4.69, 9.17) is 0 Å². The van der Waals surface area contributed by atoms with Crippen molar-refractivity contribution in [2.45, 2.75) is 6.18 Å². The summed E-state index contributed by atoms with van der Waals surface area (Å²) < 4.78 is 36.6. The minimum Gasteiger partial charge on any atom is -0.395 e. The number of rotatable bonds is 7. The van der Waals surface area contributed by atoms with E-state index in [0.29, 0.717) is 22.9 Å². The van der Waals surface area contributed by atoms with Crippen LogP contribution in [-0.4, -0.2) is 61.8 Å². The quantitative estimate of drug-likeness (QED) is 0.472. The Morgan fingerprint density at radius 2 is 2.14 bits per heavy atom. The van der Waals surface area contributed by atoms with Crippen LogP contribution in [0.5, 0.6) is 0 Å². The van der Waals surface area contributed by atoms with E-state index in [2.05, 4.69) is 30.2 Å². The molecule has 0 bridgehead atoms. The van der Waals surface area contributed by atoms with Crippen LogP contribution in [-0.2, 0) is 4.79 Å². The summed E-state index contributed by atoms with van der Waals surface area (Å²) in [4.78, 5) is 31.3. The zero-order valence-electron chi connectivity index (χ0n) is 14.4. The molecule has 0 saturated carbocycles. The van der Waals surface area contributed by atoms with Gasteiger partial charge in [0.25, 0.3) is 0 Å². The fourth-order valence-electron chi connectivity index (χ4n) is 2.43. The van der Waals surface area contributed by atoms with Gasteiger partial charge in [-0.05, 0) is 6.07 Å². The largest absolute Gasteiger partial charge is 0.405 e. The van der Waals surface area contributed by atoms with Gasteiger partial charge in [0.05, 0.1) is 12.5 Å². The molecule has 3 aromatic rings. The molecule has 12 heteroatoms. The van der Waals surface area contributed by atoms with Gasteiger partial charge in [-0.2, -0.15) is 13.2 Å². The van der Waals surface area contributed by atoms with Crippen molar-refractivity contribution in [3.8, 4) is 11.4 Å². The van der Waals surface area contributed by atoms with Crippen molar-refractivity contribution in [1.82, 2.24) is 30.2 Å². The number of aromatic amines is 1. The Morgan fingerprint density at radius 1 is 1.32 bits per heavy atom. The lowest BCUT2D eigenvalue weighted by atomic mass is 10.1. The molecule has 4 N–H and O–H groups in total. The summed E-state index contributed by atoms with van der Waals surface area (Å²) in [5.74, 6) is -1.26. The number of nitrogens with one attached hydrogen (secondary N) is 3. The molecular formula is C16H16F3N7O2. The summed E-state index contributed by atoms with van der Waals surface area (Å²) in [6.07, 6.45) is 1.67. The van der Waals surface area contributed by atoms with Crippen LogP contribution >= 0.6 is 0 Å². The Bertz CT molecular complexity index is 961. The second kappa shape index (κ2) is 8.17. The van der Waals surface area contributed by atoms with E-state index >= 15 is 0 Å². The van der Waals surface area contributed by atoms with Gasteiger partial charge < -0.3 is 20.7 Å². The molecule has 1 atom stereocenters. The summed E-state index contributed by atoms with van der Waals surface area (Å²) in [6.45, 7) is -2.18. The fraction of sp³-hybridized carbons (Fsp3) is 0.312. The highest BCUT2D eigenvalue weighted by atomic mass is 19.4. The predicted molar refractivity (Wildman–Crippen MR) is 93.0 cm³/mol. The summed E-state index contributed by atoms with van der Waals surface area (Å²) in [5, 5.41) is 14.6. The first-order valence-electron chi connectivity index (χ1n) is 8.17. The van der Waals surface area contributed by atoms with Crippen molar-refractivity contribution in [2.75, 3.05) is 25.0 Å². The van der Waals surface area contributed by atoms with Crippen molar-refractivity contribution < 1.29 is 23.1 Å². The lowest BCUT2D eigenvalue weighted by molar-refractivity contribution is -0.141. The molecule has 0 aliphatic rings. The molecule has 148 valence electrons. The number of halogens is 3. The van der Waals surface area contributed by atoms with Crippen LogP contribution < -0.4 is 10.6 Å². The van der Waals surface area contributed by atoms with E-state index in [-0.39, 0.29) is 6.54 Å². The van der Waals surface area contributed by atoms with Crippen molar-refractivity contribution >= 4 is 22.8 Å². The average Bonchev–Trinajstić information content (AvgIpc) is 3.11. The molecule has 0 aliphatic heterocycles. The monoisotopic (exact) mass is 395 g/mol. The van der Waals surface area contributed by atoms with Crippen molar-refractivity contribution in [2.24, 2.45) is 5.92 Å². The van der Waals surface area contributed by atoms with Gasteiger partial charge in [0.15, 0.2) is 5.82 Å². The van der Waals surface area contributed by atoms with Crippen LogP contribution in [0.4, 0.5) is 19.0 Å². The number of aromatic nitrogens is 5. The second-order valence-corrected chi connectivity index (χ2v) is 5.85. The number of hydrogen-bond acceptors (Lipinski definition) is 7. The summed E-state index contributed by atoms with van der Waals surface area (Å²) in [7, 11) is 0. The van der Waals surface area contributed by atoms with Gasteiger partial charge in [-0.3, -0.25) is 4.79 Å². The van der Waals surface area contributed by atoms with Crippen molar-refractivity contribution in [3.63, 3.8) is 0 Å². The van der Waals surface area contributed by atoms with Gasteiger partial charge in [0.2, 0.25) is 5.91 Å². The number of amides is 1. The molecule has 1 amide bonds. The number of aliphatic hydroxyl groups excluding tert-OH is 1. The van der Waals surface area contributed by atoms with E-state index in [1.807, 2.05) is 0 Å². The smallest absolute Gasteiger partial charge is 0.395 e. The Hall–Kier alpha value is -3.28. The zero-order chi connectivity index (χ0) is 20.1. The minimum absolute atomic E-state index is 0.104. The van der Waals surface area contributed by atoms with E-state index in [9.17, 15) is 23.1 Å². The number of aliphatic hydroxyl groups is 1. The first-order chi connectivity index (χ1) is 13.4. The third kappa shape index (κ3) is 4.71. The van der Waals surface area contributed by atoms with Gasteiger partial charge >= 0.3 is 6.18 Å². The lowest BCUT2D eigenvalue weighted by Gasteiger charge is -2.16. The van der Waals surface area contributed by atoms with Gasteiger partial charge in [-0.25, -0.2) is 19.9 Å². The summed E-state index contributed by atoms with van der Waals surface area (Å²) in [5.41, 5.74) is 1.29. The summed E-state index contributed by atoms with van der Waals surface area (Å²) >= 11 is 0. The van der Waals surface area contributed by atoms with Gasteiger partial charge in [-0.15, -0.1) is 0 Å². The first kappa shape index (κ1) is 19.5. The maximum atomic E-state index is 12.2.